The molecular weight excluding hydrogens is 216 g/mol. The highest BCUT2D eigenvalue weighted by molar-refractivity contribution is 7.19. The number of para-hydroxylation sites is 1. The van der Waals surface area contributed by atoms with Crippen molar-refractivity contribution in [1.29, 1.82) is 0 Å². The Labute approximate surface area is 99.0 Å². The van der Waals surface area contributed by atoms with Gasteiger partial charge in [0.15, 0.2) is 0 Å². The van der Waals surface area contributed by atoms with E-state index < -0.39 is 0 Å². The normalized spacial score (nSPS) is 19.4. The van der Waals surface area contributed by atoms with Gasteiger partial charge in [0, 0.05) is 6.54 Å². The fraction of sp³-hybridized carbons (Fsp3) is 0.308. The Kier molecular flexibility index (Phi) is 2.72. The lowest BCUT2D eigenvalue weighted by atomic mass is 10.1. The Morgan fingerprint density at radius 3 is 3.06 bits per heavy atom. The number of rotatable bonds is 1. The van der Waals surface area contributed by atoms with Gasteiger partial charge in [-0.3, -0.25) is 0 Å². The largest absolute Gasteiger partial charge is 0.313 e. The summed E-state index contributed by atoms with van der Waals surface area (Å²) < 4.78 is 1.28. The van der Waals surface area contributed by atoms with Crippen molar-refractivity contribution in [3.63, 3.8) is 0 Å². The van der Waals surface area contributed by atoms with Crippen molar-refractivity contribution >= 4 is 27.6 Å². The lowest BCUT2D eigenvalue weighted by Crippen LogP contribution is -2.23. The Balaban J connectivity index is 1.93. The average molecular weight is 230 g/mol. The second-order valence-electron chi connectivity index (χ2n) is 4.10. The number of fused-ring (bicyclic) bond motifs is 1. The highest BCUT2D eigenvalue weighted by Crippen LogP contribution is 2.24. The summed E-state index contributed by atoms with van der Waals surface area (Å²) in [5.74, 6) is 0. The Bertz CT molecular complexity index is 486. The van der Waals surface area contributed by atoms with E-state index in [2.05, 4.69) is 34.6 Å². The maximum atomic E-state index is 4.62. The summed E-state index contributed by atoms with van der Waals surface area (Å²) in [4.78, 5) is 4.62. The van der Waals surface area contributed by atoms with E-state index in [9.17, 15) is 0 Å². The molecule has 0 atom stereocenters. The fourth-order valence-electron chi connectivity index (χ4n) is 2.03. The SMILES string of the molecule is C(=C1/CCCNC1)/c1nc2ccccc2s1. The summed E-state index contributed by atoms with van der Waals surface area (Å²) in [5, 5.41) is 4.54. The topological polar surface area (TPSA) is 24.9 Å². The van der Waals surface area contributed by atoms with E-state index in [0.29, 0.717) is 0 Å². The second-order valence-corrected chi connectivity index (χ2v) is 5.16. The lowest BCUT2D eigenvalue weighted by molar-refractivity contribution is 0.613. The fourth-order valence-corrected chi connectivity index (χ4v) is 2.99. The predicted molar refractivity (Wildman–Crippen MR) is 69.7 cm³/mol. The lowest BCUT2D eigenvalue weighted by Gasteiger charge is -2.14. The summed E-state index contributed by atoms with van der Waals surface area (Å²) in [6, 6.07) is 8.32. The first-order chi connectivity index (χ1) is 7.92. The predicted octanol–water partition coefficient (Wildman–Crippen LogP) is 3.06. The molecule has 0 aliphatic carbocycles. The van der Waals surface area contributed by atoms with E-state index in [4.69, 9.17) is 0 Å². The van der Waals surface area contributed by atoms with E-state index in [1.54, 1.807) is 11.3 Å². The number of thiazole rings is 1. The van der Waals surface area contributed by atoms with Crippen LogP contribution < -0.4 is 5.32 Å². The Morgan fingerprint density at radius 1 is 1.31 bits per heavy atom. The van der Waals surface area contributed by atoms with Gasteiger partial charge in [-0.25, -0.2) is 4.98 Å². The Hall–Kier alpha value is -1.19. The standard InChI is InChI=1S/C13H14N2S/c1-2-6-12-11(5-1)15-13(16-12)8-10-4-3-7-14-9-10/h1-2,5-6,8,14H,3-4,7,9H2/b10-8+. The third kappa shape index (κ3) is 2.01. The van der Waals surface area contributed by atoms with E-state index >= 15 is 0 Å². The third-order valence-corrected chi connectivity index (χ3v) is 3.82. The first-order valence-electron chi connectivity index (χ1n) is 5.67. The molecular formula is C13H14N2S. The van der Waals surface area contributed by atoms with Crippen LogP contribution in [0.4, 0.5) is 0 Å². The first-order valence-corrected chi connectivity index (χ1v) is 6.49. The number of hydrogen-bond donors (Lipinski definition) is 1. The molecule has 16 heavy (non-hydrogen) atoms. The van der Waals surface area contributed by atoms with Crippen molar-refractivity contribution in [1.82, 2.24) is 10.3 Å². The molecule has 0 unspecified atom stereocenters. The summed E-state index contributed by atoms with van der Waals surface area (Å²) >= 11 is 1.78. The van der Waals surface area contributed by atoms with Crippen molar-refractivity contribution in [3.8, 4) is 0 Å². The van der Waals surface area contributed by atoms with Crippen molar-refractivity contribution in [3.05, 3.63) is 34.8 Å². The van der Waals surface area contributed by atoms with Crippen LogP contribution in [0.2, 0.25) is 0 Å². The monoisotopic (exact) mass is 230 g/mol. The number of hydrogen-bond acceptors (Lipinski definition) is 3. The molecule has 3 heteroatoms. The zero-order valence-electron chi connectivity index (χ0n) is 9.07. The maximum absolute atomic E-state index is 4.62. The number of aromatic nitrogens is 1. The maximum Gasteiger partial charge on any atom is 0.117 e. The molecule has 3 rings (SSSR count). The van der Waals surface area contributed by atoms with Crippen molar-refractivity contribution in [2.45, 2.75) is 12.8 Å². The summed E-state index contributed by atoms with van der Waals surface area (Å²) in [6.07, 6.45) is 4.70. The second kappa shape index (κ2) is 4.36. The highest BCUT2D eigenvalue weighted by atomic mass is 32.1. The average Bonchev–Trinajstić information content (AvgIpc) is 2.72. The van der Waals surface area contributed by atoms with E-state index in [1.807, 2.05) is 6.07 Å². The van der Waals surface area contributed by atoms with Crippen LogP contribution in [-0.4, -0.2) is 18.1 Å². The molecule has 0 amide bonds. The highest BCUT2D eigenvalue weighted by Gasteiger charge is 2.06. The molecule has 82 valence electrons. The number of nitrogens with one attached hydrogen (secondary N) is 1. The van der Waals surface area contributed by atoms with Gasteiger partial charge in [-0.05, 0) is 37.6 Å². The van der Waals surface area contributed by atoms with Crippen LogP contribution in [0.25, 0.3) is 16.3 Å². The minimum absolute atomic E-state index is 1.02. The van der Waals surface area contributed by atoms with Crippen LogP contribution in [-0.2, 0) is 0 Å². The van der Waals surface area contributed by atoms with Gasteiger partial charge in [0.1, 0.15) is 5.01 Å². The molecule has 0 spiro atoms. The van der Waals surface area contributed by atoms with Gasteiger partial charge < -0.3 is 5.32 Å². The molecule has 2 nitrogen and oxygen atoms in total. The van der Waals surface area contributed by atoms with Crippen LogP contribution in [0, 0.1) is 0 Å². The smallest absolute Gasteiger partial charge is 0.117 e. The summed E-state index contributed by atoms with van der Waals surface area (Å²) in [5.41, 5.74) is 2.59. The van der Waals surface area contributed by atoms with Crippen LogP contribution in [0.3, 0.4) is 0 Å². The first kappa shape index (κ1) is 10.00. The number of benzene rings is 1. The van der Waals surface area contributed by atoms with Crippen LogP contribution in [0.5, 0.6) is 0 Å². The number of piperidine rings is 1. The molecule has 1 aliphatic heterocycles. The molecule has 0 saturated carbocycles. The van der Waals surface area contributed by atoms with E-state index in [0.717, 1.165) is 23.6 Å². The van der Waals surface area contributed by atoms with Gasteiger partial charge >= 0.3 is 0 Å². The molecule has 1 fully saturated rings. The van der Waals surface area contributed by atoms with Gasteiger partial charge in [-0.1, -0.05) is 17.7 Å². The molecule has 1 aliphatic rings. The Morgan fingerprint density at radius 2 is 2.25 bits per heavy atom. The molecule has 1 saturated heterocycles. The van der Waals surface area contributed by atoms with E-state index in [1.165, 1.54) is 23.1 Å². The molecule has 1 N–H and O–H groups in total. The zero-order valence-corrected chi connectivity index (χ0v) is 9.89. The van der Waals surface area contributed by atoms with E-state index in [-0.39, 0.29) is 0 Å². The molecule has 0 radical (unpaired) electrons. The van der Waals surface area contributed by atoms with Crippen LogP contribution in [0.15, 0.2) is 29.8 Å². The molecule has 2 heterocycles. The van der Waals surface area contributed by atoms with Gasteiger partial charge in [0.2, 0.25) is 0 Å². The summed E-state index contributed by atoms with van der Waals surface area (Å²) in [6.45, 7) is 2.17. The summed E-state index contributed by atoms with van der Waals surface area (Å²) in [7, 11) is 0. The molecule has 1 aromatic heterocycles. The minimum Gasteiger partial charge on any atom is -0.313 e. The third-order valence-electron chi connectivity index (χ3n) is 2.84. The van der Waals surface area contributed by atoms with Gasteiger partial charge in [-0.2, -0.15) is 0 Å². The minimum atomic E-state index is 1.02. The molecule has 1 aromatic carbocycles. The molecule has 0 bridgehead atoms. The van der Waals surface area contributed by atoms with Gasteiger partial charge in [0.25, 0.3) is 0 Å². The van der Waals surface area contributed by atoms with Crippen LogP contribution in [0.1, 0.15) is 17.8 Å². The van der Waals surface area contributed by atoms with Crippen molar-refractivity contribution in [2.24, 2.45) is 0 Å². The van der Waals surface area contributed by atoms with Crippen LogP contribution >= 0.6 is 11.3 Å². The van der Waals surface area contributed by atoms with Gasteiger partial charge in [0.05, 0.1) is 10.2 Å². The van der Waals surface area contributed by atoms with Crippen molar-refractivity contribution in [2.75, 3.05) is 13.1 Å². The van der Waals surface area contributed by atoms with Gasteiger partial charge in [-0.15, -0.1) is 11.3 Å². The number of nitrogens with zero attached hydrogens (tertiary/aromatic N) is 1. The molecule has 2 aromatic rings. The zero-order chi connectivity index (χ0) is 10.8. The van der Waals surface area contributed by atoms with Crippen molar-refractivity contribution < 1.29 is 0 Å². The quantitative estimate of drug-likeness (QED) is 0.814.